The van der Waals surface area contributed by atoms with Gasteiger partial charge >= 0.3 is 5.97 Å². The predicted molar refractivity (Wildman–Crippen MR) is 92.0 cm³/mol. The minimum Gasteiger partial charge on any atom is -0.466 e. The molecule has 0 fully saturated rings. The summed E-state index contributed by atoms with van der Waals surface area (Å²) in [7, 11) is -1.64. The van der Waals surface area contributed by atoms with Gasteiger partial charge in [0.25, 0.3) is 0 Å². The van der Waals surface area contributed by atoms with Gasteiger partial charge in [-0.2, -0.15) is 0 Å². The van der Waals surface area contributed by atoms with Crippen molar-refractivity contribution in [2.45, 2.75) is 78.9 Å². The first-order valence-corrected chi connectivity index (χ1v) is 11.2. The molecule has 0 heterocycles. The van der Waals surface area contributed by atoms with Crippen LogP contribution in [0.25, 0.3) is 0 Å². The van der Waals surface area contributed by atoms with E-state index in [9.17, 15) is 4.79 Å². The van der Waals surface area contributed by atoms with E-state index in [0.717, 1.165) is 19.4 Å². The van der Waals surface area contributed by atoms with Crippen LogP contribution < -0.4 is 0 Å². The molecule has 0 saturated heterocycles. The second-order valence-corrected chi connectivity index (χ2v) is 12.7. The third kappa shape index (κ3) is 8.62. The molecule has 0 radical (unpaired) electrons. The van der Waals surface area contributed by atoms with Gasteiger partial charge in [0, 0.05) is 13.0 Å². The Bertz CT molecular complexity index is 308. The van der Waals surface area contributed by atoms with Gasteiger partial charge in [-0.25, -0.2) is 0 Å². The Labute approximate surface area is 132 Å². The fourth-order valence-corrected chi connectivity index (χ4v) is 3.17. The molecule has 0 aromatic carbocycles. The van der Waals surface area contributed by atoms with E-state index in [1.54, 1.807) is 0 Å². The zero-order chi connectivity index (χ0) is 16.7. The van der Waals surface area contributed by atoms with E-state index in [4.69, 9.17) is 9.16 Å². The zero-order valence-corrected chi connectivity index (χ0v) is 16.4. The fourth-order valence-electron chi connectivity index (χ4n) is 2.04. The lowest BCUT2D eigenvalue weighted by Crippen LogP contribution is -2.41. The van der Waals surface area contributed by atoms with Crippen molar-refractivity contribution in [2.75, 3.05) is 13.2 Å². The number of ether oxygens (including phenoxy) is 1. The Morgan fingerprint density at radius 1 is 1.14 bits per heavy atom. The standard InChI is InChI=1S/C17H36O3Si/c1-9-19-16(18)11-10-14(2)12-15(3)13-20-21(7,8)17(4,5)6/h14-15H,9-13H2,1-8H3/t14-,15-/m0/s1. The van der Waals surface area contributed by atoms with Gasteiger partial charge in [0.05, 0.1) is 6.61 Å². The third-order valence-electron chi connectivity index (χ3n) is 4.49. The summed E-state index contributed by atoms with van der Waals surface area (Å²) < 4.78 is 11.2. The summed E-state index contributed by atoms with van der Waals surface area (Å²) in [5, 5.41) is 0.266. The van der Waals surface area contributed by atoms with Crippen LogP contribution in [-0.4, -0.2) is 27.5 Å². The highest BCUT2D eigenvalue weighted by Gasteiger charge is 2.37. The molecule has 0 spiro atoms. The molecule has 0 bridgehead atoms. The van der Waals surface area contributed by atoms with Crippen LogP contribution in [0.5, 0.6) is 0 Å². The molecule has 3 nitrogen and oxygen atoms in total. The smallest absolute Gasteiger partial charge is 0.305 e. The molecule has 2 atom stereocenters. The van der Waals surface area contributed by atoms with Gasteiger partial charge < -0.3 is 9.16 Å². The van der Waals surface area contributed by atoms with E-state index in [2.05, 4.69) is 47.7 Å². The van der Waals surface area contributed by atoms with E-state index in [-0.39, 0.29) is 11.0 Å². The van der Waals surface area contributed by atoms with E-state index in [0.29, 0.717) is 24.9 Å². The molecule has 0 N–H and O–H groups in total. The molecule has 0 aliphatic rings. The van der Waals surface area contributed by atoms with Crippen molar-refractivity contribution in [3.8, 4) is 0 Å². The highest BCUT2D eigenvalue weighted by molar-refractivity contribution is 6.74. The van der Waals surface area contributed by atoms with Gasteiger partial charge in [-0.1, -0.05) is 34.6 Å². The Morgan fingerprint density at radius 2 is 1.71 bits per heavy atom. The number of carbonyl (C=O) groups is 1. The summed E-state index contributed by atoms with van der Waals surface area (Å²) in [6.45, 7) is 19.0. The number of hydrogen-bond acceptors (Lipinski definition) is 3. The third-order valence-corrected chi connectivity index (χ3v) is 8.99. The van der Waals surface area contributed by atoms with Gasteiger partial charge in [0.1, 0.15) is 0 Å². The van der Waals surface area contributed by atoms with Crippen LogP contribution in [0, 0.1) is 11.8 Å². The van der Waals surface area contributed by atoms with Crippen LogP contribution >= 0.6 is 0 Å². The van der Waals surface area contributed by atoms with E-state index in [1.807, 2.05) is 6.92 Å². The van der Waals surface area contributed by atoms with Crippen LogP contribution in [0.4, 0.5) is 0 Å². The number of hydrogen-bond donors (Lipinski definition) is 0. The number of esters is 1. The SMILES string of the molecule is CCOC(=O)CC[C@H](C)C[C@H](C)CO[Si](C)(C)C(C)(C)C. The lowest BCUT2D eigenvalue weighted by molar-refractivity contribution is -0.143. The lowest BCUT2D eigenvalue weighted by Gasteiger charge is -2.37. The maximum absolute atomic E-state index is 11.4. The van der Waals surface area contributed by atoms with Crippen LogP contribution in [0.2, 0.25) is 18.1 Å². The van der Waals surface area contributed by atoms with E-state index < -0.39 is 8.32 Å². The molecule has 0 unspecified atom stereocenters. The maximum Gasteiger partial charge on any atom is 0.305 e. The molecule has 4 heteroatoms. The Balaban J connectivity index is 4.04. The summed E-state index contributed by atoms with van der Waals surface area (Å²) in [6.07, 6.45) is 2.54. The summed E-state index contributed by atoms with van der Waals surface area (Å²) in [5.41, 5.74) is 0. The molecule has 0 aromatic heterocycles. The second kappa shape index (κ2) is 8.94. The Kier molecular flexibility index (Phi) is 8.79. The van der Waals surface area contributed by atoms with Gasteiger partial charge in [0.2, 0.25) is 0 Å². The van der Waals surface area contributed by atoms with Crippen molar-refractivity contribution in [1.29, 1.82) is 0 Å². The number of carbonyl (C=O) groups excluding carboxylic acids is 1. The maximum atomic E-state index is 11.4. The first kappa shape index (κ1) is 20.6. The first-order chi connectivity index (χ1) is 9.49. The molecule has 0 aliphatic carbocycles. The van der Waals surface area contributed by atoms with Crippen molar-refractivity contribution in [2.24, 2.45) is 11.8 Å². The van der Waals surface area contributed by atoms with Crippen LogP contribution in [-0.2, 0) is 14.0 Å². The molecular weight excluding hydrogens is 280 g/mol. The summed E-state index contributed by atoms with van der Waals surface area (Å²) in [4.78, 5) is 11.4. The predicted octanol–water partition coefficient (Wildman–Crippen LogP) is 5.01. The van der Waals surface area contributed by atoms with E-state index >= 15 is 0 Å². The fraction of sp³-hybridized carbons (Fsp3) is 0.941. The van der Waals surface area contributed by atoms with E-state index in [1.165, 1.54) is 0 Å². The minimum absolute atomic E-state index is 0.0745. The first-order valence-electron chi connectivity index (χ1n) is 8.29. The van der Waals surface area contributed by atoms with Gasteiger partial charge in [0.15, 0.2) is 8.32 Å². The van der Waals surface area contributed by atoms with Crippen molar-refractivity contribution >= 4 is 14.3 Å². The second-order valence-electron chi connectivity index (χ2n) is 7.86. The molecule has 0 rings (SSSR count). The van der Waals surface area contributed by atoms with Crippen molar-refractivity contribution in [3.63, 3.8) is 0 Å². The summed E-state index contributed by atoms with van der Waals surface area (Å²) >= 11 is 0. The van der Waals surface area contributed by atoms with Crippen LogP contribution in [0.15, 0.2) is 0 Å². The highest BCUT2D eigenvalue weighted by Crippen LogP contribution is 2.37. The molecule has 0 amide bonds. The van der Waals surface area contributed by atoms with Crippen molar-refractivity contribution < 1.29 is 14.0 Å². The monoisotopic (exact) mass is 316 g/mol. The quantitative estimate of drug-likeness (QED) is 0.443. The molecule has 0 aromatic rings. The zero-order valence-electron chi connectivity index (χ0n) is 15.4. The largest absolute Gasteiger partial charge is 0.466 e. The van der Waals surface area contributed by atoms with Gasteiger partial charge in [-0.3, -0.25) is 4.79 Å². The topological polar surface area (TPSA) is 35.5 Å². The molecule has 126 valence electrons. The van der Waals surface area contributed by atoms with Crippen molar-refractivity contribution in [3.05, 3.63) is 0 Å². The van der Waals surface area contributed by atoms with Gasteiger partial charge in [-0.15, -0.1) is 0 Å². The summed E-state index contributed by atoms with van der Waals surface area (Å²) in [5.74, 6) is 0.998. The molecule has 0 saturated carbocycles. The Morgan fingerprint density at radius 3 is 2.19 bits per heavy atom. The molecule has 0 aliphatic heterocycles. The Hall–Kier alpha value is -0.353. The van der Waals surface area contributed by atoms with Crippen LogP contribution in [0.3, 0.4) is 0 Å². The average molecular weight is 317 g/mol. The lowest BCUT2D eigenvalue weighted by atomic mass is 9.94. The summed E-state index contributed by atoms with van der Waals surface area (Å²) in [6, 6.07) is 0. The molecule has 21 heavy (non-hydrogen) atoms. The average Bonchev–Trinajstić information content (AvgIpc) is 2.33. The highest BCUT2D eigenvalue weighted by atomic mass is 28.4. The van der Waals surface area contributed by atoms with Crippen LogP contribution in [0.1, 0.15) is 60.8 Å². The normalized spacial score (nSPS) is 15.6. The minimum atomic E-state index is -1.64. The van der Waals surface area contributed by atoms with Gasteiger partial charge in [-0.05, 0) is 49.7 Å². The molecular formula is C17H36O3Si. The number of rotatable bonds is 9. The van der Waals surface area contributed by atoms with Crippen molar-refractivity contribution in [1.82, 2.24) is 0 Å².